The van der Waals surface area contributed by atoms with E-state index in [9.17, 15) is 4.79 Å². The number of thiocarbonyl (C=S) groups is 1. The van der Waals surface area contributed by atoms with Crippen molar-refractivity contribution in [2.45, 2.75) is 19.3 Å². The van der Waals surface area contributed by atoms with Gasteiger partial charge in [-0.25, -0.2) is 0 Å². The number of carbonyl (C=O) groups excluding carboxylic acids is 1. The topological polar surface area (TPSA) is 36.4 Å². The first kappa shape index (κ1) is 19.8. The Bertz CT molecular complexity index is 1180. The van der Waals surface area contributed by atoms with Crippen LogP contribution in [0.1, 0.15) is 29.4 Å². The van der Waals surface area contributed by atoms with Crippen molar-refractivity contribution < 1.29 is 4.79 Å². The van der Waals surface area contributed by atoms with E-state index in [1.807, 2.05) is 18.3 Å². The Kier molecular flexibility index (Phi) is 4.75. The molecular formula is C23H19N3OS2Se. The van der Waals surface area contributed by atoms with Gasteiger partial charge in [-0.2, -0.15) is 0 Å². The van der Waals surface area contributed by atoms with Crippen LogP contribution in [0.15, 0.2) is 59.6 Å². The van der Waals surface area contributed by atoms with Crippen LogP contribution in [0.25, 0.3) is 6.08 Å². The van der Waals surface area contributed by atoms with Gasteiger partial charge in [0.05, 0.1) is 0 Å². The number of pyridine rings is 1. The van der Waals surface area contributed by atoms with E-state index in [4.69, 9.17) is 17.2 Å². The Morgan fingerprint density at radius 3 is 2.63 bits per heavy atom. The molecule has 0 saturated carbocycles. The summed E-state index contributed by atoms with van der Waals surface area (Å²) in [6.45, 7) is 4.52. The molecule has 0 atom stereocenters. The Labute approximate surface area is 191 Å². The predicted molar refractivity (Wildman–Crippen MR) is 129 cm³/mol. The summed E-state index contributed by atoms with van der Waals surface area (Å²) in [5.41, 5.74) is 3.58. The van der Waals surface area contributed by atoms with Crippen molar-refractivity contribution in [1.29, 1.82) is 0 Å². The zero-order valence-corrected chi connectivity index (χ0v) is 20.1. The quantitative estimate of drug-likeness (QED) is 0.281. The van der Waals surface area contributed by atoms with Crippen molar-refractivity contribution in [2.75, 3.05) is 11.9 Å². The molecule has 1 saturated heterocycles. The van der Waals surface area contributed by atoms with E-state index in [1.54, 1.807) is 7.05 Å². The molecule has 2 aliphatic heterocycles. The number of hydrogen-bond donors (Lipinski definition) is 0. The van der Waals surface area contributed by atoms with Gasteiger partial charge >= 0.3 is 192 Å². The molecule has 0 spiro atoms. The fourth-order valence-corrected chi connectivity index (χ4v) is 7.32. The van der Waals surface area contributed by atoms with Crippen LogP contribution >= 0.6 is 24.0 Å². The van der Waals surface area contributed by atoms with E-state index in [-0.39, 0.29) is 25.8 Å². The SMILES string of the molecule is CN1C(=O)/C(=C\c2ccc(N3c4ccccc4C(C)(C)c4cccnc43)[se]2)SC1=S. The molecule has 3 aromatic rings. The summed E-state index contributed by atoms with van der Waals surface area (Å²) in [6, 6.07) is 17.0. The van der Waals surface area contributed by atoms with Crippen LogP contribution in [-0.4, -0.2) is 41.7 Å². The second-order valence-electron chi connectivity index (χ2n) is 7.77. The fourth-order valence-electron chi connectivity index (χ4n) is 3.96. The predicted octanol–water partition coefficient (Wildman–Crippen LogP) is 5.08. The second-order valence-corrected chi connectivity index (χ2v) is 11.7. The molecule has 0 radical (unpaired) electrons. The number of fused-ring (bicyclic) bond motifs is 2. The molecule has 2 aliphatic rings. The van der Waals surface area contributed by atoms with Crippen molar-refractivity contribution in [2.24, 2.45) is 0 Å². The summed E-state index contributed by atoms with van der Waals surface area (Å²) >= 11 is 6.68. The number of aromatic nitrogens is 1. The van der Waals surface area contributed by atoms with Crippen LogP contribution < -0.4 is 4.90 Å². The molecule has 5 rings (SSSR count). The summed E-state index contributed by atoms with van der Waals surface area (Å²) < 4.78 is 2.98. The van der Waals surface area contributed by atoms with Gasteiger partial charge in [-0.05, 0) is 0 Å². The van der Waals surface area contributed by atoms with Crippen LogP contribution in [0.3, 0.4) is 0 Å². The first-order valence-electron chi connectivity index (χ1n) is 9.54. The number of amides is 1. The monoisotopic (exact) mass is 497 g/mol. The van der Waals surface area contributed by atoms with Crippen LogP contribution in [0, 0.1) is 0 Å². The molecule has 0 unspecified atom stereocenters. The minimum absolute atomic E-state index is 0.0211. The van der Waals surface area contributed by atoms with Crippen molar-refractivity contribution in [3.63, 3.8) is 0 Å². The van der Waals surface area contributed by atoms with Crippen molar-refractivity contribution in [1.82, 2.24) is 9.88 Å². The average Bonchev–Trinajstić information content (AvgIpc) is 3.29. The van der Waals surface area contributed by atoms with Crippen LogP contribution in [0.4, 0.5) is 16.1 Å². The molecule has 4 nitrogen and oxygen atoms in total. The molecule has 7 heteroatoms. The Balaban J connectivity index is 1.61. The van der Waals surface area contributed by atoms with E-state index in [1.165, 1.54) is 38.0 Å². The van der Waals surface area contributed by atoms with E-state index in [0.29, 0.717) is 9.23 Å². The molecule has 2 aromatic heterocycles. The van der Waals surface area contributed by atoms with Gasteiger partial charge in [0.2, 0.25) is 0 Å². The molecule has 1 amide bonds. The molecule has 150 valence electrons. The van der Waals surface area contributed by atoms with Gasteiger partial charge < -0.3 is 0 Å². The van der Waals surface area contributed by atoms with Gasteiger partial charge in [0.25, 0.3) is 0 Å². The summed E-state index contributed by atoms with van der Waals surface area (Å²) in [5.74, 6) is 0.969. The standard InChI is InChI=1S/C23H19N3OS2Se/c1-23(2)15-7-4-5-9-17(15)26(20-16(23)8-6-12-24-20)19-11-10-14(30-19)13-18-21(27)25(3)22(28)29-18/h4-13H,1-3H3/b18-13+. The minimum atomic E-state index is -0.117. The first-order valence-corrected chi connectivity index (χ1v) is 12.5. The molecule has 30 heavy (non-hydrogen) atoms. The first-order chi connectivity index (χ1) is 14.4. The molecule has 1 fully saturated rings. The van der Waals surface area contributed by atoms with Gasteiger partial charge in [0.1, 0.15) is 0 Å². The summed E-state index contributed by atoms with van der Waals surface area (Å²) in [4.78, 5) is 21.7. The van der Waals surface area contributed by atoms with E-state index < -0.39 is 0 Å². The molecule has 0 bridgehead atoms. The van der Waals surface area contributed by atoms with Crippen LogP contribution in [0.2, 0.25) is 0 Å². The molecular weight excluding hydrogens is 477 g/mol. The Morgan fingerprint density at radius 2 is 1.87 bits per heavy atom. The number of likely N-dealkylation sites (N-methyl/N-ethyl adjacent to an activating group) is 1. The third kappa shape index (κ3) is 3.00. The second kappa shape index (κ2) is 7.20. The van der Waals surface area contributed by atoms with Crippen molar-refractivity contribution >= 4 is 70.9 Å². The van der Waals surface area contributed by atoms with Crippen LogP contribution in [0.5, 0.6) is 0 Å². The van der Waals surface area contributed by atoms with E-state index in [0.717, 1.165) is 10.3 Å². The normalized spacial score (nSPS) is 18.7. The molecule has 1 aromatic carbocycles. The van der Waals surface area contributed by atoms with Gasteiger partial charge in [-0.1, -0.05) is 0 Å². The van der Waals surface area contributed by atoms with Gasteiger partial charge in [0.15, 0.2) is 0 Å². The number of para-hydroxylation sites is 1. The number of carbonyl (C=O) groups is 1. The van der Waals surface area contributed by atoms with Gasteiger partial charge in [0, 0.05) is 0 Å². The number of nitrogens with zero attached hydrogens (tertiary/aromatic N) is 3. The number of hydrogen-bond acceptors (Lipinski definition) is 5. The summed E-state index contributed by atoms with van der Waals surface area (Å²) in [5, 5.41) is 0. The summed E-state index contributed by atoms with van der Waals surface area (Å²) in [6.07, 6.45) is 3.85. The molecule has 4 heterocycles. The maximum absolute atomic E-state index is 12.4. The van der Waals surface area contributed by atoms with E-state index >= 15 is 0 Å². The van der Waals surface area contributed by atoms with Crippen LogP contribution in [-0.2, 0) is 10.2 Å². The number of rotatable bonds is 2. The van der Waals surface area contributed by atoms with Gasteiger partial charge in [-0.15, -0.1) is 0 Å². The van der Waals surface area contributed by atoms with Gasteiger partial charge in [-0.3, -0.25) is 0 Å². The number of benzene rings is 1. The molecule has 0 aliphatic carbocycles. The van der Waals surface area contributed by atoms with E-state index in [2.05, 4.69) is 61.2 Å². The third-order valence-corrected chi connectivity index (χ3v) is 9.20. The number of thioether (sulfide) groups is 1. The maximum atomic E-state index is 12.4. The van der Waals surface area contributed by atoms with Crippen molar-refractivity contribution in [3.05, 3.63) is 75.2 Å². The number of anilines is 3. The van der Waals surface area contributed by atoms with Crippen molar-refractivity contribution in [3.8, 4) is 0 Å². The fraction of sp³-hybridized carbons (Fsp3) is 0.174. The Hall–Kier alpha value is -2.18. The zero-order valence-electron chi connectivity index (χ0n) is 16.7. The summed E-state index contributed by atoms with van der Waals surface area (Å²) in [7, 11) is 1.73. The molecule has 0 N–H and O–H groups in total. The third-order valence-electron chi connectivity index (χ3n) is 5.58. The average molecular weight is 497 g/mol. The Morgan fingerprint density at radius 1 is 1.10 bits per heavy atom. The zero-order chi connectivity index (χ0) is 21.0.